The fourth-order valence-electron chi connectivity index (χ4n) is 3.61. The highest BCUT2D eigenvalue weighted by Gasteiger charge is 2.20. The minimum Gasteiger partial charge on any atom is -0.452 e. The van der Waals surface area contributed by atoms with Crippen molar-refractivity contribution in [1.29, 1.82) is 0 Å². The highest BCUT2D eigenvalue weighted by Crippen LogP contribution is 2.24. The molecule has 1 fully saturated rings. The Bertz CT molecular complexity index is 1010. The number of benzene rings is 1. The molecular formula is C23H23N3O3. The first-order valence-electron chi connectivity index (χ1n) is 9.98. The number of pyridine rings is 2. The van der Waals surface area contributed by atoms with E-state index in [0.29, 0.717) is 27.9 Å². The summed E-state index contributed by atoms with van der Waals surface area (Å²) >= 11 is 0. The Hall–Kier alpha value is -3.28. The van der Waals surface area contributed by atoms with Crippen molar-refractivity contribution >= 4 is 22.8 Å². The number of aromatic nitrogens is 2. The maximum atomic E-state index is 12.9. The van der Waals surface area contributed by atoms with Gasteiger partial charge in [0.15, 0.2) is 6.61 Å². The van der Waals surface area contributed by atoms with Crippen LogP contribution in [0.5, 0.6) is 0 Å². The SMILES string of the molecule is O=C(OCC(=O)N1CCCCCC1)c1cc(-c2ccccn2)nc2ccccc12. The van der Waals surface area contributed by atoms with Crippen LogP contribution < -0.4 is 0 Å². The van der Waals surface area contributed by atoms with Crippen LogP contribution in [-0.4, -0.2) is 46.4 Å². The number of hydrogen-bond acceptors (Lipinski definition) is 5. The molecule has 0 aliphatic carbocycles. The van der Waals surface area contributed by atoms with Crippen LogP contribution >= 0.6 is 0 Å². The third-order valence-electron chi connectivity index (χ3n) is 5.15. The van der Waals surface area contributed by atoms with Gasteiger partial charge in [-0.15, -0.1) is 0 Å². The Morgan fingerprint density at radius 2 is 1.69 bits per heavy atom. The first-order valence-corrected chi connectivity index (χ1v) is 9.98. The second-order valence-corrected chi connectivity index (χ2v) is 7.16. The molecule has 6 nitrogen and oxygen atoms in total. The van der Waals surface area contributed by atoms with Crippen molar-refractivity contribution in [2.75, 3.05) is 19.7 Å². The molecule has 0 atom stereocenters. The number of para-hydroxylation sites is 1. The molecule has 0 saturated carbocycles. The van der Waals surface area contributed by atoms with Crippen LogP contribution in [-0.2, 0) is 9.53 Å². The van der Waals surface area contributed by atoms with Gasteiger partial charge in [-0.3, -0.25) is 9.78 Å². The Morgan fingerprint density at radius 1 is 0.931 bits per heavy atom. The molecule has 0 spiro atoms. The molecule has 1 saturated heterocycles. The lowest BCUT2D eigenvalue weighted by Crippen LogP contribution is -2.35. The summed E-state index contributed by atoms with van der Waals surface area (Å²) in [5, 5.41) is 0.694. The zero-order valence-corrected chi connectivity index (χ0v) is 16.2. The highest BCUT2D eigenvalue weighted by atomic mass is 16.5. The first-order chi connectivity index (χ1) is 14.2. The van der Waals surface area contributed by atoms with Gasteiger partial charge in [-0.1, -0.05) is 37.1 Å². The van der Waals surface area contributed by atoms with E-state index in [1.165, 1.54) is 0 Å². The first kappa shape index (κ1) is 19.1. The molecule has 6 heteroatoms. The standard InChI is InChI=1S/C23H23N3O3/c27-22(26-13-7-1-2-8-14-26)16-29-23(28)18-15-21(20-11-5-6-12-24-20)25-19-10-4-3-9-17(18)19/h3-6,9-12,15H,1-2,7-8,13-14,16H2. The fourth-order valence-corrected chi connectivity index (χ4v) is 3.61. The van der Waals surface area contributed by atoms with Gasteiger partial charge >= 0.3 is 5.97 Å². The van der Waals surface area contributed by atoms with E-state index >= 15 is 0 Å². The number of hydrogen-bond donors (Lipinski definition) is 0. The van der Waals surface area contributed by atoms with Crippen molar-refractivity contribution in [1.82, 2.24) is 14.9 Å². The Balaban J connectivity index is 1.57. The molecule has 3 heterocycles. The molecule has 4 rings (SSSR count). The molecule has 0 radical (unpaired) electrons. The molecule has 2 aromatic heterocycles. The number of esters is 1. The smallest absolute Gasteiger partial charge is 0.339 e. The molecule has 0 bridgehead atoms. The Kier molecular flexibility index (Phi) is 5.79. The number of amides is 1. The normalized spacial score (nSPS) is 14.4. The second-order valence-electron chi connectivity index (χ2n) is 7.16. The molecule has 0 N–H and O–H groups in total. The molecular weight excluding hydrogens is 366 g/mol. The van der Waals surface area contributed by atoms with Gasteiger partial charge in [0, 0.05) is 24.7 Å². The number of nitrogens with zero attached hydrogens (tertiary/aromatic N) is 3. The number of fused-ring (bicyclic) bond motifs is 1. The number of carbonyl (C=O) groups is 2. The van der Waals surface area contributed by atoms with Gasteiger partial charge in [-0.05, 0) is 37.1 Å². The molecule has 0 unspecified atom stereocenters. The summed E-state index contributed by atoms with van der Waals surface area (Å²) in [6.07, 6.45) is 5.97. The zero-order chi connectivity index (χ0) is 20.1. The maximum absolute atomic E-state index is 12.9. The third kappa shape index (κ3) is 4.42. The zero-order valence-electron chi connectivity index (χ0n) is 16.2. The van der Waals surface area contributed by atoms with Crippen LogP contribution in [0.4, 0.5) is 0 Å². The van der Waals surface area contributed by atoms with Crippen LogP contribution in [0.1, 0.15) is 36.0 Å². The van der Waals surface area contributed by atoms with Gasteiger partial charge < -0.3 is 9.64 Å². The summed E-state index contributed by atoms with van der Waals surface area (Å²) in [5.41, 5.74) is 2.34. The summed E-state index contributed by atoms with van der Waals surface area (Å²) in [4.78, 5) is 36.1. The fraction of sp³-hybridized carbons (Fsp3) is 0.304. The monoisotopic (exact) mass is 389 g/mol. The minimum absolute atomic E-state index is 0.136. The van der Waals surface area contributed by atoms with E-state index in [4.69, 9.17) is 4.74 Å². The van der Waals surface area contributed by atoms with E-state index in [2.05, 4.69) is 9.97 Å². The quantitative estimate of drug-likeness (QED) is 0.634. The van der Waals surface area contributed by atoms with E-state index in [9.17, 15) is 9.59 Å². The lowest BCUT2D eigenvalue weighted by molar-refractivity contribution is -0.134. The molecule has 3 aromatic rings. The van der Waals surface area contributed by atoms with Crippen molar-refractivity contribution in [3.63, 3.8) is 0 Å². The van der Waals surface area contributed by atoms with Crippen molar-refractivity contribution in [3.8, 4) is 11.4 Å². The third-order valence-corrected chi connectivity index (χ3v) is 5.15. The topological polar surface area (TPSA) is 72.4 Å². The van der Waals surface area contributed by atoms with Gasteiger partial charge in [-0.25, -0.2) is 9.78 Å². The van der Waals surface area contributed by atoms with Crippen molar-refractivity contribution in [2.24, 2.45) is 0 Å². The largest absolute Gasteiger partial charge is 0.452 e. The van der Waals surface area contributed by atoms with E-state index in [1.807, 2.05) is 42.5 Å². The summed E-state index contributed by atoms with van der Waals surface area (Å²) in [6, 6.07) is 14.6. The van der Waals surface area contributed by atoms with E-state index in [1.54, 1.807) is 17.2 Å². The number of ether oxygens (including phenoxy) is 1. The molecule has 1 aliphatic heterocycles. The summed E-state index contributed by atoms with van der Waals surface area (Å²) in [5.74, 6) is -0.660. The van der Waals surface area contributed by atoms with Crippen LogP contribution in [0.25, 0.3) is 22.3 Å². The van der Waals surface area contributed by atoms with Crippen LogP contribution in [0, 0.1) is 0 Å². The number of carbonyl (C=O) groups excluding carboxylic acids is 2. The lowest BCUT2D eigenvalue weighted by atomic mass is 10.1. The van der Waals surface area contributed by atoms with E-state index in [-0.39, 0.29) is 12.5 Å². The van der Waals surface area contributed by atoms with Crippen molar-refractivity contribution in [2.45, 2.75) is 25.7 Å². The van der Waals surface area contributed by atoms with Crippen LogP contribution in [0.15, 0.2) is 54.7 Å². The lowest BCUT2D eigenvalue weighted by Gasteiger charge is -2.20. The summed E-state index contributed by atoms with van der Waals surface area (Å²) in [7, 11) is 0. The van der Waals surface area contributed by atoms with Crippen LogP contribution in [0.2, 0.25) is 0 Å². The minimum atomic E-state index is -0.524. The van der Waals surface area contributed by atoms with Gasteiger partial charge in [0.05, 0.1) is 22.5 Å². The van der Waals surface area contributed by atoms with E-state index < -0.39 is 5.97 Å². The molecule has 29 heavy (non-hydrogen) atoms. The number of rotatable bonds is 4. The molecule has 1 aliphatic rings. The maximum Gasteiger partial charge on any atom is 0.339 e. The van der Waals surface area contributed by atoms with Crippen LogP contribution in [0.3, 0.4) is 0 Å². The van der Waals surface area contributed by atoms with Gasteiger partial charge in [0.1, 0.15) is 0 Å². The number of likely N-dealkylation sites (tertiary alicyclic amines) is 1. The predicted octanol–water partition coefficient (Wildman–Crippen LogP) is 3.86. The Morgan fingerprint density at radius 3 is 2.45 bits per heavy atom. The van der Waals surface area contributed by atoms with Gasteiger partial charge in [0.2, 0.25) is 0 Å². The molecule has 148 valence electrons. The second kappa shape index (κ2) is 8.82. The van der Waals surface area contributed by atoms with E-state index in [0.717, 1.165) is 38.8 Å². The Labute approximate surface area is 169 Å². The van der Waals surface area contributed by atoms with Gasteiger partial charge in [0.25, 0.3) is 5.91 Å². The summed E-state index contributed by atoms with van der Waals surface area (Å²) < 4.78 is 5.40. The molecule has 1 aromatic carbocycles. The average molecular weight is 389 g/mol. The highest BCUT2D eigenvalue weighted by molar-refractivity contribution is 6.05. The predicted molar refractivity (Wildman–Crippen MR) is 110 cm³/mol. The van der Waals surface area contributed by atoms with Crippen molar-refractivity contribution < 1.29 is 14.3 Å². The van der Waals surface area contributed by atoms with Crippen molar-refractivity contribution in [3.05, 3.63) is 60.3 Å². The average Bonchev–Trinajstić information content (AvgIpc) is 3.07. The molecule has 1 amide bonds. The van der Waals surface area contributed by atoms with Gasteiger partial charge in [-0.2, -0.15) is 0 Å². The summed E-state index contributed by atoms with van der Waals surface area (Å²) in [6.45, 7) is 1.23.